The number of anilines is 1. The van der Waals surface area contributed by atoms with E-state index in [4.69, 9.17) is 10.5 Å². The van der Waals surface area contributed by atoms with Crippen LogP contribution in [0.3, 0.4) is 0 Å². The smallest absolute Gasteiger partial charge is 0.215 e. The zero-order chi connectivity index (χ0) is 8.27. The van der Waals surface area contributed by atoms with Crippen molar-refractivity contribution >= 4 is 11.5 Å². The lowest BCUT2D eigenvalue weighted by Gasteiger charge is -1.99. The molecular formula is C6H7N3O2. The van der Waals surface area contributed by atoms with Crippen molar-refractivity contribution in [1.29, 1.82) is 0 Å². The molecule has 0 saturated heterocycles. The fraction of sp³-hybridized carbons (Fsp3) is 0.167. The lowest BCUT2D eigenvalue weighted by atomic mass is 10.4. The van der Waals surface area contributed by atoms with Crippen molar-refractivity contribution in [1.82, 2.24) is 4.98 Å². The minimum atomic E-state index is 0.0827. The molecule has 0 saturated carbocycles. The number of nitroso groups, excluding NO2 is 1. The first-order valence-corrected chi connectivity index (χ1v) is 2.92. The van der Waals surface area contributed by atoms with Crippen LogP contribution in [0.4, 0.5) is 11.5 Å². The Bertz CT molecular complexity index is 275. The quantitative estimate of drug-likeness (QED) is 0.644. The summed E-state index contributed by atoms with van der Waals surface area (Å²) in [6.45, 7) is 0. The van der Waals surface area contributed by atoms with Gasteiger partial charge in [0, 0.05) is 6.07 Å². The minimum Gasteiger partial charge on any atom is -0.481 e. The molecule has 1 rings (SSSR count). The Kier molecular flexibility index (Phi) is 2.00. The van der Waals surface area contributed by atoms with Crippen LogP contribution in [0.2, 0.25) is 0 Å². The van der Waals surface area contributed by atoms with Gasteiger partial charge in [-0.3, -0.25) is 0 Å². The largest absolute Gasteiger partial charge is 0.481 e. The van der Waals surface area contributed by atoms with E-state index in [1.54, 1.807) is 0 Å². The third-order valence-corrected chi connectivity index (χ3v) is 1.18. The van der Waals surface area contributed by atoms with Crippen LogP contribution in [0, 0.1) is 4.91 Å². The number of rotatable bonds is 2. The van der Waals surface area contributed by atoms with E-state index in [9.17, 15) is 4.91 Å². The van der Waals surface area contributed by atoms with Gasteiger partial charge >= 0.3 is 0 Å². The molecule has 0 aliphatic carbocycles. The SMILES string of the molecule is COc1ccc(N=O)c(N)n1. The second kappa shape index (κ2) is 2.96. The molecular weight excluding hydrogens is 146 g/mol. The number of nitrogens with zero attached hydrogens (tertiary/aromatic N) is 2. The average Bonchev–Trinajstić information content (AvgIpc) is 2.04. The Morgan fingerprint density at radius 3 is 2.82 bits per heavy atom. The number of pyridine rings is 1. The Balaban J connectivity index is 3.09. The van der Waals surface area contributed by atoms with Crippen LogP contribution in [0.5, 0.6) is 5.88 Å². The molecule has 5 nitrogen and oxygen atoms in total. The Morgan fingerprint density at radius 2 is 2.36 bits per heavy atom. The van der Waals surface area contributed by atoms with Crippen LogP contribution >= 0.6 is 0 Å². The highest BCUT2D eigenvalue weighted by molar-refractivity contribution is 5.57. The molecule has 1 heterocycles. The van der Waals surface area contributed by atoms with Crippen molar-refractivity contribution in [2.45, 2.75) is 0 Å². The zero-order valence-electron chi connectivity index (χ0n) is 5.94. The summed E-state index contributed by atoms with van der Waals surface area (Å²) >= 11 is 0. The van der Waals surface area contributed by atoms with E-state index in [0.29, 0.717) is 5.88 Å². The number of aromatic nitrogens is 1. The first kappa shape index (κ1) is 7.46. The van der Waals surface area contributed by atoms with Gasteiger partial charge < -0.3 is 10.5 Å². The fourth-order valence-electron chi connectivity index (χ4n) is 0.640. The molecule has 0 aliphatic rings. The van der Waals surface area contributed by atoms with Crippen LogP contribution in [0.15, 0.2) is 17.3 Å². The van der Waals surface area contributed by atoms with Gasteiger partial charge in [0.05, 0.1) is 7.11 Å². The summed E-state index contributed by atoms with van der Waals surface area (Å²) in [7, 11) is 1.47. The van der Waals surface area contributed by atoms with Gasteiger partial charge in [0.25, 0.3) is 0 Å². The van der Waals surface area contributed by atoms with E-state index < -0.39 is 0 Å². The van der Waals surface area contributed by atoms with E-state index >= 15 is 0 Å². The molecule has 0 unspecified atom stereocenters. The van der Waals surface area contributed by atoms with Gasteiger partial charge in [-0.25, -0.2) is 0 Å². The molecule has 0 fully saturated rings. The average molecular weight is 153 g/mol. The summed E-state index contributed by atoms with van der Waals surface area (Å²) in [5, 5.41) is 2.65. The molecule has 0 atom stereocenters. The molecule has 1 aromatic rings. The Morgan fingerprint density at radius 1 is 1.64 bits per heavy atom. The lowest BCUT2D eigenvalue weighted by Crippen LogP contribution is -1.93. The highest BCUT2D eigenvalue weighted by Gasteiger charge is 2.01. The number of nitrogens with two attached hydrogens (primary N) is 1. The predicted molar refractivity (Wildman–Crippen MR) is 40.7 cm³/mol. The van der Waals surface area contributed by atoms with Gasteiger partial charge in [0.15, 0.2) is 5.82 Å². The summed E-state index contributed by atoms with van der Waals surface area (Å²) in [5.74, 6) is 0.453. The van der Waals surface area contributed by atoms with Crippen molar-refractivity contribution in [3.63, 3.8) is 0 Å². The molecule has 0 aromatic carbocycles. The van der Waals surface area contributed by atoms with Crippen LogP contribution < -0.4 is 10.5 Å². The minimum absolute atomic E-state index is 0.0827. The monoisotopic (exact) mass is 153 g/mol. The highest BCUT2D eigenvalue weighted by Crippen LogP contribution is 2.21. The maximum absolute atomic E-state index is 10.0. The van der Waals surface area contributed by atoms with Gasteiger partial charge in [-0.05, 0) is 11.2 Å². The molecule has 0 amide bonds. The zero-order valence-corrected chi connectivity index (χ0v) is 5.94. The van der Waals surface area contributed by atoms with Crippen molar-refractivity contribution in [3.05, 3.63) is 17.0 Å². The Labute approximate surface area is 63.2 Å². The summed E-state index contributed by atoms with van der Waals surface area (Å²) < 4.78 is 4.76. The molecule has 11 heavy (non-hydrogen) atoms. The van der Waals surface area contributed by atoms with E-state index in [-0.39, 0.29) is 11.5 Å². The molecule has 58 valence electrons. The van der Waals surface area contributed by atoms with Crippen molar-refractivity contribution < 1.29 is 4.74 Å². The molecule has 0 bridgehead atoms. The van der Waals surface area contributed by atoms with Crippen molar-refractivity contribution in [3.8, 4) is 5.88 Å². The van der Waals surface area contributed by atoms with Gasteiger partial charge in [0.2, 0.25) is 5.88 Å². The summed E-state index contributed by atoms with van der Waals surface area (Å²) in [5.41, 5.74) is 5.45. The number of nitrogen functional groups attached to an aromatic ring is 1. The Hall–Kier alpha value is -1.65. The molecule has 2 N–H and O–H groups in total. The number of methoxy groups -OCH3 is 1. The third kappa shape index (κ3) is 1.43. The standard InChI is InChI=1S/C6H7N3O2/c1-11-5-3-2-4(9-10)6(7)8-5/h2-3H,1H3,(H2,7,8). The number of ether oxygens (including phenoxy) is 1. The number of hydrogen-bond acceptors (Lipinski definition) is 5. The summed E-state index contributed by atoms with van der Waals surface area (Å²) in [6, 6.07) is 2.97. The molecule has 1 aromatic heterocycles. The first-order chi connectivity index (χ1) is 5.27. The summed E-state index contributed by atoms with van der Waals surface area (Å²) in [4.78, 5) is 13.7. The predicted octanol–water partition coefficient (Wildman–Crippen LogP) is 1.07. The van der Waals surface area contributed by atoms with Gasteiger partial charge in [-0.15, -0.1) is 4.91 Å². The van der Waals surface area contributed by atoms with Crippen molar-refractivity contribution in [2.75, 3.05) is 12.8 Å². The van der Waals surface area contributed by atoms with Crippen LogP contribution in [-0.2, 0) is 0 Å². The second-order valence-electron chi connectivity index (χ2n) is 1.85. The van der Waals surface area contributed by atoms with E-state index in [1.165, 1.54) is 19.2 Å². The third-order valence-electron chi connectivity index (χ3n) is 1.18. The van der Waals surface area contributed by atoms with Crippen molar-refractivity contribution in [2.24, 2.45) is 5.18 Å². The van der Waals surface area contributed by atoms with Crippen LogP contribution in [0.25, 0.3) is 0 Å². The topological polar surface area (TPSA) is 77.6 Å². The van der Waals surface area contributed by atoms with E-state index in [0.717, 1.165) is 0 Å². The highest BCUT2D eigenvalue weighted by atomic mass is 16.5. The van der Waals surface area contributed by atoms with Crippen LogP contribution in [-0.4, -0.2) is 12.1 Å². The second-order valence-corrected chi connectivity index (χ2v) is 1.85. The first-order valence-electron chi connectivity index (χ1n) is 2.92. The van der Waals surface area contributed by atoms with E-state index in [2.05, 4.69) is 10.2 Å². The maximum atomic E-state index is 10.0. The number of hydrogen-bond donors (Lipinski definition) is 1. The van der Waals surface area contributed by atoms with Gasteiger partial charge in [0.1, 0.15) is 5.69 Å². The van der Waals surface area contributed by atoms with E-state index in [1.807, 2.05) is 0 Å². The molecule has 5 heteroatoms. The van der Waals surface area contributed by atoms with Gasteiger partial charge in [-0.1, -0.05) is 0 Å². The molecule has 0 spiro atoms. The van der Waals surface area contributed by atoms with Crippen LogP contribution in [0.1, 0.15) is 0 Å². The fourth-order valence-corrected chi connectivity index (χ4v) is 0.640. The normalized spacial score (nSPS) is 9.18. The lowest BCUT2D eigenvalue weighted by molar-refractivity contribution is 0.398. The molecule has 0 aliphatic heterocycles. The summed E-state index contributed by atoms with van der Waals surface area (Å²) in [6.07, 6.45) is 0. The van der Waals surface area contributed by atoms with Gasteiger partial charge in [-0.2, -0.15) is 4.98 Å². The molecule has 0 radical (unpaired) electrons. The maximum Gasteiger partial charge on any atom is 0.215 e.